The summed E-state index contributed by atoms with van der Waals surface area (Å²) in [4.78, 5) is 28.5. The zero-order chi connectivity index (χ0) is 16.3. The van der Waals surface area contributed by atoms with E-state index in [9.17, 15) is 9.59 Å². The highest BCUT2D eigenvalue weighted by molar-refractivity contribution is 5.76. The second kappa shape index (κ2) is 6.75. The molecule has 1 aromatic rings. The van der Waals surface area contributed by atoms with E-state index in [0.29, 0.717) is 38.1 Å². The Labute approximate surface area is 129 Å². The van der Waals surface area contributed by atoms with E-state index in [1.165, 1.54) is 0 Å². The Morgan fingerprint density at radius 1 is 1.50 bits per heavy atom. The second-order valence-electron chi connectivity index (χ2n) is 5.69. The summed E-state index contributed by atoms with van der Waals surface area (Å²) in [6.45, 7) is 7.32. The van der Waals surface area contributed by atoms with Crippen LogP contribution >= 0.6 is 0 Å². The highest BCUT2D eigenvalue weighted by Gasteiger charge is 2.22. The van der Waals surface area contributed by atoms with Gasteiger partial charge in [0.05, 0.1) is 12.7 Å². The van der Waals surface area contributed by atoms with Crippen molar-refractivity contribution in [2.45, 2.75) is 39.7 Å². The molecule has 118 valence electrons. The lowest BCUT2D eigenvalue weighted by atomic mass is 9.99. The number of morpholine rings is 1. The summed E-state index contributed by atoms with van der Waals surface area (Å²) in [6, 6.07) is 1.93. The number of carbonyl (C=O) groups is 1. The molecule has 0 radical (unpaired) electrons. The van der Waals surface area contributed by atoms with E-state index in [-0.39, 0.29) is 23.1 Å². The first-order valence-electron chi connectivity index (χ1n) is 7.46. The minimum atomic E-state index is -0.366. The molecule has 22 heavy (non-hydrogen) atoms. The third-order valence-corrected chi connectivity index (χ3v) is 4.10. The van der Waals surface area contributed by atoms with Crippen molar-refractivity contribution >= 4 is 5.91 Å². The number of aromatic amines is 1. The smallest absolute Gasteiger partial charge is 0.266 e. The molecule has 6 heteroatoms. The van der Waals surface area contributed by atoms with E-state index >= 15 is 0 Å². The maximum atomic E-state index is 12.3. The summed E-state index contributed by atoms with van der Waals surface area (Å²) in [7, 11) is 0. The topological polar surface area (TPSA) is 86.2 Å². The van der Waals surface area contributed by atoms with Crippen LogP contribution in [0.3, 0.4) is 0 Å². The number of amides is 1. The maximum Gasteiger partial charge on any atom is 0.266 e. The van der Waals surface area contributed by atoms with Crippen LogP contribution in [0, 0.1) is 25.2 Å². The second-order valence-corrected chi connectivity index (χ2v) is 5.69. The Hall–Kier alpha value is -2.13. The number of carbonyl (C=O) groups excluding carboxylic acids is 1. The number of nitriles is 1. The van der Waals surface area contributed by atoms with Gasteiger partial charge in [0.2, 0.25) is 5.91 Å². The van der Waals surface area contributed by atoms with Gasteiger partial charge in [-0.05, 0) is 38.3 Å². The zero-order valence-corrected chi connectivity index (χ0v) is 13.2. The van der Waals surface area contributed by atoms with Crippen molar-refractivity contribution in [3.05, 3.63) is 32.7 Å². The molecule has 1 aliphatic heterocycles. The van der Waals surface area contributed by atoms with E-state index < -0.39 is 0 Å². The van der Waals surface area contributed by atoms with Gasteiger partial charge in [-0.15, -0.1) is 0 Å². The van der Waals surface area contributed by atoms with Gasteiger partial charge in [-0.25, -0.2) is 0 Å². The normalized spacial score (nSPS) is 18.1. The van der Waals surface area contributed by atoms with E-state index in [1.54, 1.807) is 13.8 Å². The molecule has 0 spiro atoms. The molecule has 2 heterocycles. The van der Waals surface area contributed by atoms with Gasteiger partial charge in [0.1, 0.15) is 11.6 Å². The first-order chi connectivity index (χ1) is 10.4. The summed E-state index contributed by atoms with van der Waals surface area (Å²) in [6.07, 6.45) is 0.957. The number of H-pyrrole nitrogens is 1. The predicted molar refractivity (Wildman–Crippen MR) is 81.6 cm³/mol. The van der Waals surface area contributed by atoms with Gasteiger partial charge >= 0.3 is 0 Å². The molecule has 1 atom stereocenters. The van der Waals surface area contributed by atoms with Crippen molar-refractivity contribution < 1.29 is 9.53 Å². The summed E-state index contributed by atoms with van der Waals surface area (Å²) in [5.41, 5.74) is 2.05. The minimum Gasteiger partial charge on any atom is -0.375 e. The van der Waals surface area contributed by atoms with Crippen LogP contribution in [-0.2, 0) is 16.0 Å². The third kappa shape index (κ3) is 3.37. The number of hydrogen-bond donors (Lipinski definition) is 1. The monoisotopic (exact) mass is 303 g/mol. The van der Waals surface area contributed by atoms with Crippen LogP contribution in [0.2, 0.25) is 0 Å². The number of nitrogens with one attached hydrogen (secondary N) is 1. The summed E-state index contributed by atoms with van der Waals surface area (Å²) in [5.74, 6) is 0.0821. The SMILES string of the molecule is Cc1[nH]c(=O)c(C#N)c(C)c1CCC(=O)N1CCOC(C)C1. The summed E-state index contributed by atoms with van der Waals surface area (Å²) in [5, 5.41) is 9.07. The molecule has 1 fully saturated rings. The predicted octanol–water partition coefficient (Wildman–Crippen LogP) is 1.04. The number of nitrogens with zero attached hydrogens (tertiary/aromatic N) is 2. The molecule has 1 saturated heterocycles. The summed E-state index contributed by atoms with van der Waals surface area (Å²) >= 11 is 0. The van der Waals surface area contributed by atoms with E-state index in [0.717, 1.165) is 11.3 Å². The molecule has 1 amide bonds. The number of ether oxygens (including phenoxy) is 1. The summed E-state index contributed by atoms with van der Waals surface area (Å²) < 4.78 is 5.43. The van der Waals surface area contributed by atoms with Gasteiger partial charge in [-0.1, -0.05) is 0 Å². The molecule has 1 unspecified atom stereocenters. The number of aromatic nitrogens is 1. The van der Waals surface area contributed by atoms with Crippen molar-refractivity contribution in [1.82, 2.24) is 9.88 Å². The van der Waals surface area contributed by atoms with Gasteiger partial charge in [0, 0.05) is 25.2 Å². The number of hydrogen-bond acceptors (Lipinski definition) is 4. The molecule has 1 N–H and O–H groups in total. The maximum absolute atomic E-state index is 12.3. The fraction of sp³-hybridized carbons (Fsp3) is 0.562. The van der Waals surface area contributed by atoms with Crippen molar-refractivity contribution in [2.75, 3.05) is 19.7 Å². The van der Waals surface area contributed by atoms with Crippen molar-refractivity contribution in [1.29, 1.82) is 5.26 Å². The van der Waals surface area contributed by atoms with Crippen molar-refractivity contribution in [2.24, 2.45) is 0 Å². The van der Waals surface area contributed by atoms with Crippen LogP contribution < -0.4 is 5.56 Å². The third-order valence-electron chi connectivity index (χ3n) is 4.10. The van der Waals surface area contributed by atoms with Gasteiger partial charge in [-0.2, -0.15) is 5.26 Å². The van der Waals surface area contributed by atoms with Crippen LogP contribution in [0.4, 0.5) is 0 Å². The molecule has 6 nitrogen and oxygen atoms in total. The molecule has 0 bridgehead atoms. The molecular weight excluding hydrogens is 282 g/mol. The van der Waals surface area contributed by atoms with E-state index in [4.69, 9.17) is 10.00 Å². The van der Waals surface area contributed by atoms with Crippen LogP contribution in [0.5, 0.6) is 0 Å². The number of pyridine rings is 1. The van der Waals surface area contributed by atoms with Gasteiger partial charge in [-0.3, -0.25) is 9.59 Å². The lowest BCUT2D eigenvalue weighted by Gasteiger charge is -2.31. The molecule has 1 aromatic heterocycles. The number of rotatable bonds is 3. The van der Waals surface area contributed by atoms with E-state index in [2.05, 4.69) is 4.98 Å². The molecule has 0 saturated carbocycles. The van der Waals surface area contributed by atoms with E-state index in [1.807, 2.05) is 17.9 Å². The first kappa shape index (κ1) is 16.2. The Morgan fingerprint density at radius 3 is 2.86 bits per heavy atom. The van der Waals surface area contributed by atoms with Crippen LogP contribution in [0.25, 0.3) is 0 Å². The molecular formula is C16H21N3O3. The Balaban J connectivity index is 2.10. The number of aryl methyl sites for hydroxylation is 1. The van der Waals surface area contributed by atoms with Crippen molar-refractivity contribution in [3.8, 4) is 6.07 Å². The fourth-order valence-electron chi connectivity index (χ4n) is 2.86. The van der Waals surface area contributed by atoms with Crippen LogP contribution in [0.15, 0.2) is 4.79 Å². The highest BCUT2D eigenvalue weighted by atomic mass is 16.5. The standard InChI is InChI=1S/C16H21N3O3/c1-10-9-19(6-7-22-10)15(20)5-4-13-11(2)14(8-17)16(21)18-12(13)3/h10H,4-7,9H2,1-3H3,(H,18,21). The van der Waals surface area contributed by atoms with Gasteiger partial charge in [0.25, 0.3) is 5.56 Å². The lowest BCUT2D eigenvalue weighted by molar-refractivity contribution is -0.138. The molecule has 1 aliphatic rings. The average Bonchev–Trinajstić information content (AvgIpc) is 2.46. The largest absolute Gasteiger partial charge is 0.375 e. The van der Waals surface area contributed by atoms with Crippen LogP contribution in [0.1, 0.15) is 35.7 Å². The Bertz CT molecular complexity index is 672. The lowest BCUT2D eigenvalue weighted by Crippen LogP contribution is -2.44. The molecule has 0 aromatic carbocycles. The van der Waals surface area contributed by atoms with Crippen LogP contribution in [-0.4, -0.2) is 41.6 Å². The highest BCUT2D eigenvalue weighted by Crippen LogP contribution is 2.16. The molecule has 2 rings (SSSR count). The Kier molecular flexibility index (Phi) is 4.99. The van der Waals surface area contributed by atoms with Gasteiger partial charge in [0.15, 0.2) is 0 Å². The Morgan fingerprint density at radius 2 is 2.23 bits per heavy atom. The minimum absolute atomic E-state index is 0.0689. The van der Waals surface area contributed by atoms with Crippen molar-refractivity contribution in [3.63, 3.8) is 0 Å². The first-order valence-corrected chi connectivity index (χ1v) is 7.46. The quantitative estimate of drug-likeness (QED) is 0.904. The average molecular weight is 303 g/mol. The molecule has 0 aliphatic carbocycles. The zero-order valence-electron chi connectivity index (χ0n) is 13.2. The fourth-order valence-corrected chi connectivity index (χ4v) is 2.86. The van der Waals surface area contributed by atoms with Gasteiger partial charge < -0.3 is 14.6 Å².